The molecule has 5 heteroatoms. The molecular formula is C14H14FNO2S. The number of thiophene rings is 1. The predicted molar refractivity (Wildman–Crippen MR) is 72.9 cm³/mol. The van der Waals surface area contributed by atoms with E-state index in [-0.39, 0.29) is 11.7 Å². The van der Waals surface area contributed by atoms with Crippen LogP contribution in [0.25, 0.3) is 10.1 Å². The quantitative estimate of drug-likeness (QED) is 0.871. The highest BCUT2D eigenvalue weighted by Gasteiger charge is 2.34. The van der Waals surface area contributed by atoms with E-state index in [4.69, 9.17) is 0 Å². The fourth-order valence-electron chi connectivity index (χ4n) is 2.38. The van der Waals surface area contributed by atoms with Crippen molar-refractivity contribution in [1.82, 2.24) is 4.90 Å². The molecule has 0 saturated carbocycles. The summed E-state index contributed by atoms with van der Waals surface area (Å²) in [6.45, 7) is 2.66. The zero-order valence-corrected chi connectivity index (χ0v) is 11.3. The Morgan fingerprint density at radius 2 is 2.26 bits per heavy atom. The molecule has 1 aliphatic heterocycles. The molecule has 19 heavy (non-hydrogen) atoms. The Kier molecular flexibility index (Phi) is 2.83. The van der Waals surface area contributed by atoms with Crippen LogP contribution in [0, 0.1) is 5.82 Å². The van der Waals surface area contributed by atoms with Crippen molar-refractivity contribution in [3.8, 4) is 0 Å². The maximum atomic E-state index is 13.1. The van der Waals surface area contributed by atoms with Crippen LogP contribution in [0.4, 0.5) is 4.39 Å². The molecule has 0 aliphatic carbocycles. The molecule has 3 rings (SSSR count). The molecule has 100 valence electrons. The first-order valence-corrected chi connectivity index (χ1v) is 6.97. The Balaban J connectivity index is 1.90. The molecule has 2 aromatic rings. The Morgan fingerprint density at radius 1 is 1.47 bits per heavy atom. The lowest BCUT2D eigenvalue weighted by atomic mass is 10.1. The lowest BCUT2D eigenvalue weighted by Crippen LogP contribution is -2.33. The van der Waals surface area contributed by atoms with Crippen LogP contribution in [-0.2, 0) is 0 Å². The van der Waals surface area contributed by atoms with Crippen molar-refractivity contribution in [3.63, 3.8) is 0 Å². The molecule has 1 saturated heterocycles. The summed E-state index contributed by atoms with van der Waals surface area (Å²) in [5, 5.41) is 10.8. The standard InChI is InChI=1S/C14H14FNO2S/c1-14(18)4-5-16(8-14)13(17)12-6-9-2-3-10(15)7-11(9)19-12/h2-3,6-7,18H,4-5,8H2,1H3. The third-order valence-electron chi connectivity index (χ3n) is 3.43. The van der Waals surface area contributed by atoms with Crippen LogP contribution in [0.3, 0.4) is 0 Å². The monoisotopic (exact) mass is 279 g/mol. The van der Waals surface area contributed by atoms with E-state index in [1.165, 1.54) is 23.5 Å². The van der Waals surface area contributed by atoms with Crippen LogP contribution < -0.4 is 0 Å². The van der Waals surface area contributed by atoms with Gasteiger partial charge in [-0.15, -0.1) is 11.3 Å². The van der Waals surface area contributed by atoms with Crippen LogP contribution in [0.5, 0.6) is 0 Å². The van der Waals surface area contributed by atoms with Gasteiger partial charge in [0.1, 0.15) is 5.82 Å². The van der Waals surface area contributed by atoms with Gasteiger partial charge in [-0.2, -0.15) is 0 Å². The molecule has 1 aromatic carbocycles. The van der Waals surface area contributed by atoms with E-state index in [1.54, 1.807) is 24.0 Å². The molecule has 1 aliphatic rings. The Hall–Kier alpha value is -1.46. The fourth-order valence-corrected chi connectivity index (χ4v) is 3.44. The summed E-state index contributed by atoms with van der Waals surface area (Å²) in [5.41, 5.74) is -0.793. The SMILES string of the molecule is CC1(O)CCN(C(=O)c2cc3ccc(F)cc3s2)C1. The summed E-state index contributed by atoms with van der Waals surface area (Å²) in [4.78, 5) is 14.6. The Labute approximate surface area is 114 Å². The number of hydrogen-bond donors (Lipinski definition) is 1. The maximum Gasteiger partial charge on any atom is 0.264 e. The highest BCUT2D eigenvalue weighted by Crippen LogP contribution is 2.29. The third-order valence-corrected chi connectivity index (χ3v) is 4.52. The van der Waals surface area contributed by atoms with Crippen molar-refractivity contribution in [2.75, 3.05) is 13.1 Å². The van der Waals surface area contributed by atoms with Gasteiger partial charge in [0.05, 0.1) is 10.5 Å². The number of amides is 1. The number of aliphatic hydroxyl groups is 1. The average molecular weight is 279 g/mol. The molecule has 1 unspecified atom stereocenters. The number of fused-ring (bicyclic) bond motifs is 1. The molecule has 0 spiro atoms. The van der Waals surface area contributed by atoms with Gasteiger partial charge in [0, 0.05) is 17.8 Å². The van der Waals surface area contributed by atoms with Crippen molar-refractivity contribution in [1.29, 1.82) is 0 Å². The zero-order valence-electron chi connectivity index (χ0n) is 10.5. The van der Waals surface area contributed by atoms with Crippen LogP contribution in [0.15, 0.2) is 24.3 Å². The fraction of sp³-hybridized carbons (Fsp3) is 0.357. The topological polar surface area (TPSA) is 40.5 Å². The second-order valence-corrected chi connectivity index (χ2v) is 6.35. The number of hydrogen-bond acceptors (Lipinski definition) is 3. The van der Waals surface area contributed by atoms with Crippen molar-refractivity contribution >= 4 is 27.3 Å². The predicted octanol–water partition coefficient (Wildman–Crippen LogP) is 2.64. The van der Waals surface area contributed by atoms with E-state index in [0.717, 1.165) is 10.1 Å². The first kappa shape index (κ1) is 12.6. The largest absolute Gasteiger partial charge is 0.388 e. The van der Waals surface area contributed by atoms with Crippen LogP contribution in [0.1, 0.15) is 23.0 Å². The van der Waals surface area contributed by atoms with E-state index in [0.29, 0.717) is 24.4 Å². The average Bonchev–Trinajstić information content (AvgIpc) is 2.90. The van der Waals surface area contributed by atoms with Gasteiger partial charge in [-0.1, -0.05) is 6.07 Å². The number of carbonyl (C=O) groups excluding carboxylic acids is 1. The molecule has 1 aromatic heterocycles. The first-order chi connectivity index (χ1) is 8.94. The van der Waals surface area contributed by atoms with Gasteiger partial charge < -0.3 is 10.0 Å². The third kappa shape index (κ3) is 2.35. The lowest BCUT2D eigenvalue weighted by molar-refractivity contribution is 0.0575. The van der Waals surface area contributed by atoms with Gasteiger partial charge in [0.2, 0.25) is 0 Å². The van der Waals surface area contributed by atoms with Gasteiger partial charge >= 0.3 is 0 Å². The van der Waals surface area contributed by atoms with Gasteiger partial charge in [-0.3, -0.25) is 4.79 Å². The molecule has 1 fully saturated rings. The van der Waals surface area contributed by atoms with E-state index in [9.17, 15) is 14.3 Å². The number of β-amino-alcohol motifs (C(OH)–C–C–N with tert-alkyl or cyclic N) is 1. The number of halogens is 1. The zero-order chi connectivity index (χ0) is 13.6. The van der Waals surface area contributed by atoms with Gasteiger partial charge in [0.15, 0.2) is 0 Å². The van der Waals surface area contributed by atoms with Crippen LogP contribution >= 0.6 is 11.3 Å². The second-order valence-electron chi connectivity index (χ2n) is 5.27. The maximum absolute atomic E-state index is 13.1. The molecular weight excluding hydrogens is 265 g/mol. The summed E-state index contributed by atoms with van der Waals surface area (Å²) < 4.78 is 13.9. The summed E-state index contributed by atoms with van der Waals surface area (Å²) in [5.74, 6) is -0.378. The summed E-state index contributed by atoms with van der Waals surface area (Å²) in [6.07, 6.45) is 0.595. The van der Waals surface area contributed by atoms with Crippen LogP contribution in [-0.4, -0.2) is 34.6 Å². The van der Waals surface area contributed by atoms with Crippen molar-refractivity contribution in [3.05, 3.63) is 35.0 Å². The van der Waals surface area contributed by atoms with Crippen LogP contribution in [0.2, 0.25) is 0 Å². The number of carbonyl (C=O) groups is 1. The Morgan fingerprint density at radius 3 is 2.95 bits per heavy atom. The summed E-state index contributed by atoms with van der Waals surface area (Å²) in [7, 11) is 0. The minimum atomic E-state index is -0.793. The van der Waals surface area contributed by atoms with Gasteiger partial charge in [0.25, 0.3) is 5.91 Å². The highest BCUT2D eigenvalue weighted by molar-refractivity contribution is 7.20. The molecule has 3 nitrogen and oxygen atoms in total. The lowest BCUT2D eigenvalue weighted by Gasteiger charge is -2.18. The van der Waals surface area contributed by atoms with Crippen molar-refractivity contribution < 1.29 is 14.3 Å². The van der Waals surface area contributed by atoms with E-state index in [1.807, 2.05) is 0 Å². The molecule has 1 atom stereocenters. The number of nitrogens with zero attached hydrogens (tertiary/aromatic N) is 1. The van der Waals surface area contributed by atoms with E-state index < -0.39 is 5.60 Å². The van der Waals surface area contributed by atoms with Crippen molar-refractivity contribution in [2.45, 2.75) is 18.9 Å². The summed E-state index contributed by atoms with van der Waals surface area (Å²) in [6, 6.07) is 6.30. The summed E-state index contributed by atoms with van der Waals surface area (Å²) >= 11 is 1.29. The van der Waals surface area contributed by atoms with E-state index in [2.05, 4.69) is 0 Å². The molecule has 0 radical (unpaired) electrons. The minimum absolute atomic E-state index is 0.0839. The Bertz CT molecular complexity index is 650. The second kappa shape index (κ2) is 4.28. The molecule has 1 amide bonds. The van der Waals surface area contributed by atoms with E-state index >= 15 is 0 Å². The number of likely N-dealkylation sites (tertiary alicyclic amines) is 1. The van der Waals surface area contributed by atoms with Gasteiger partial charge in [-0.05, 0) is 36.9 Å². The molecule has 1 N–H and O–H groups in total. The molecule has 2 heterocycles. The number of rotatable bonds is 1. The number of benzene rings is 1. The first-order valence-electron chi connectivity index (χ1n) is 6.15. The highest BCUT2D eigenvalue weighted by atomic mass is 32.1. The smallest absolute Gasteiger partial charge is 0.264 e. The molecule has 0 bridgehead atoms. The van der Waals surface area contributed by atoms with Gasteiger partial charge in [-0.25, -0.2) is 4.39 Å². The van der Waals surface area contributed by atoms with Crippen molar-refractivity contribution in [2.24, 2.45) is 0 Å². The normalized spacial score (nSPS) is 23.2. The minimum Gasteiger partial charge on any atom is -0.388 e.